The minimum absolute atomic E-state index is 0.0840. The highest BCUT2D eigenvalue weighted by Crippen LogP contribution is 2.26. The Balaban J connectivity index is 1.88. The minimum atomic E-state index is -0.892. The van der Waals surface area contributed by atoms with Gasteiger partial charge in [-0.1, -0.05) is 61.2 Å². The SMILES string of the molecule is O=C(NC1CCCCC1)[C@H](c1ccc(F)cc1)N(CCc1ccccc1Cl)C(=O)CCl. The van der Waals surface area contributed by atoms with Crippen LogP contribution in [0.4, 0.5) is 4.39 Å². The van der Waals surface area contributed by atoms with Crippen molar-refractivity contribution in [2.24, 2.45) is 0 Å². The molecule has 31 heavy (non-hydrogen) atoms. The van der Waals surface area contributed by atoms with Gasteiger partial charge < -0.3 is 10.2 Å². The van der Waals surface area contributed by atoms with E-state index in [2.05, 4.69) is 5.32 Å². The Morgan fingerprint density at radius 1 is 1.06 bits per heavy atom. The van der Waals surface area contributed by atoms with Crippen LogP contribution < -0.4 is 5.32 Å². The monoisotopic (exact) mass is 464 g/mol. The lowest BCUT2D eigenvalue weighted by Crippen LogP contribution is -2.48. The zero-order valence-electron chi connectivity index (χ0n) is 17.3. The van der Waals surface area contributed by atoms with Crippen molar-refractivity contribution in [1.29, 1.82) is 0 Å². The second-order valence-electron chi connectivity index (χ2n) is 7.86. The second-order valence-corrected chi connectivity index (χ2v) is 8.53. The van der Waals surface area contributed by atoms with Crippen molar-refractivity contribution in [3.05, 3.63) is 70.5 Å². The maximum atomic E-state index is 13.5. The Labute approximate surface area is 192 Å². The summed E-state index contributed by atoms with van der Waals surface area (Å²) in [7, 11) is 0. The Morgan fingerprint density at radius 2 is 1.74 bits per heavy atom. The molecule has 0 heterocycles. The van der Waals surface area contributed by atoms with Crippen LogP contribution in [0.5, 0.6) is 0 Å². The highest BCUT2D eigenvalue weighted by atomic mass is 35.5. The van der Waals surface area contributed by atoms with Gasteiger partial charge in [-0.2, -0.15) is 0 Å². The summed E-state index contributed by atoms with van der Waals surface area (Å²) in [6.07, 6.45) is 5.63. The molecule has 1 atom stereocenters. The van der Waals surface area contributed by atoms with Gasteiger partial charge in [-0.15, -0.1) is 11.6 Å². The molecule has 0 bridgehead atoms. The average Bonchev–Trinajstić information content (AvgIpc) is 2.78. The lowest BCUT2D eigenvalue weighted by Gasteiger charge is -2.33. The highest BCUT2D eigenvalue weighted by Gasteiger charge is 2.32. The number of rotatable bonds is 8. The van der Waals surface area contributed by atoms with E-state index in [1.165, 1.54) is 23.5 Å². The van der Waals surface area contributed by atoms with Gasteiger partial charge in [0.05, 0.1) is 0 Å². The van der Waals surface area contributed by atoms with E-state index in [0.717, 1.165) is 31.2 Å². The summed E-state index contributed by atoms with van der Waals surface area (Å²) in [5.41, 5.74) is 1.43. The minimum Gasteiger partial charge on any atom is -0.351 e. The highest BCUT2D eigenvalue weighted by molar-refractivity contribution is 6.31. The molecule has 4 nitrogen and oxygen atoms in total. The fourth-order valence-corrected chi connectivity index (χ4v) is 4.45. The molecule has 2 aromatic rings. The number of alkyl halides is 1. The molecule has 1 aliphatic rings. The number of hydrogen-bond acceptors (Lipinski definition) is 2. The molecule has 0 radical (unpaired) electrons. The molecule has 2 amide bonds. The summed E-state index contributed by atoms with van der Waals surface area (Å²) in [6, 6.07) is 12.3. The number of benzene rings is 2. The molecule has 0 aliphatic heterocycles. The Bertz CT molecular complexity index is 885. The van der Waals surface area contributed by atoms with Gasteiger partial charge in [-0.25, -0.2) is 4.39 Å². The zero-order chi connectivity index (χ0) is 22.2. The Kier molecular flexibility index (Phi) is 8.73. The molecule has 1 fully saturated rings. The number of carbonyl (C=O) groups excluding carboxylic acids is 2. The largest absolute Gasteiger partial charge is 0.351 e. The maximum Gasteiger partial charge on any atom is 0.247 e. The lowest BCUT2D eigenvalue weighted by atomic mass is 9.94. The average molecular weight is 465 g/mol. The van der Waals surface area contributed by atoms with Crippen molar-refractivity contribution in [1.82, 2.24) is 10.2 Å². The molecular weight excluding hydrogens is 438 g/mol. The third kappa shape index (κ3) is 6.44. The van der Waals surface area contributed by atoms with Gasteiger partial charge in [0.25, 0.3) is 0 Å². The van der Waals surface area contributed by atoms with Gasteiger partial charge in [0.2, 0.25) is 11.8 Å². The van der Waals surface area contributed by atoms with E-state index < -0.39 is 11.9 Å². The van der Waals surface area contributed by atoms with Gasteiger partial charge >= 0.3 is 0 Å². The van der Waals surface area contributed by atoms with Crippen molar-refractivity contribution in [2.45, 2.75) is 50.6 Å². The fraction of sp³-hybridized carbons (Fsp3) is 0.417. The number of carbonyl (C=O) groups is 2. The molecule has 0 aromatic heterocycles. The quantitative estimate of drug-likeness (QED) is 0.540. The summed E-state index contributed by atoms with van der Waals surface area (Å²) in [5, 5.41) is 3.71. The van der Waals surface area contributed by atoms with Gasteiger partial charge in [-0.3, -0.25) is 9.59 Å². The second kappa shape index (κ2) is 11.5. The maximum absolute atomic E-state index is 13.5. The van der Waals surface area contributed by atoms with Crippen molar-refractivity contribution in [3.8, 4) is 0 Å². The van der Waals surface area contributed by atoms with Crippen LogP contribution in [-0.4, -0.2) is 35.2 Å². The topological polar surface area (TPSA) is 49.4 Å². The lowest BCUT2D eigenvalue weighted by molar-refractivity contribution is -0.139. The van der Waals surface area contributed by atoms with Crippen molar-refractivity contribution in [2.75, 3.05) is 12.4 Å². The van der Waals surface area contributed by atoms with E-state index in [4.69, 9.17) is 23.2 Å². The summed E-state index contributed by atoms with van der Waals surface area (Å²) in [4.78, 5) is 27.6. The van der Waals surface area contributed by atoms with Crippen LogP contribution in [-0.2, 0) is 16.0 Å². The van der Waals surface area contributed by atoms with Crippen LogP contribution in [0.25, 0.3) is 0 Å². The van der Waals surface area contributed by atoms with E-state index in [0.29, 0.717) is 17.0 Å². The van der Waals surface area contributed by atoms with Crippen molar-refractivity contribution in [3.63, 3.8) is 0 Å². The smallest absolute Gasteiger partial charge is 0.247 e. The van der Waals surface area contributed by atoms with Crippen LogP contribution in [0, 0.1) is 5.82 Å². The summed E-state index contributed by atoms with van der Waals surface area (Å²) < 4.78 is 13.5. The van der Waals surface area contributed by atoms with Crippen LogP contribution in [0.3, 0.4) is 0 Å². The standard InChI is InChI=1S/C24H27Cl2FN2O2/c25-16-22(30)29(15-14-17-6-4-5-9-21(17)26)23(18-10-12-19(27)13-11-18)24(31)28-20-7-2-1-3-8-20/h4-6,9-13,20,23H,1-3,7-8,14-16H2,(H,28,31)/t23-/m0/s1. The third-order valence-electron chi connectivity index (χ3n) is 5.71. The number of nitrogens with one attached hydrogen (secondary N) is 1. The van der Waals surface area contributed by atoms with Crippen LogP contribution in [0.15, 0.2) is 48.5 Å². The number of nitrogens with zero attached hydrogens (tertiary/aromatic N) is 1. The van der Waals surface area contributed by atoms with Gasteiger partial charge in [0, 0.05) is 17.6 Å². The first-order valence-corrected chi connectivity index (χ1v) is 11.6. The first-order valence-electron chi connectivity index (χ1n) is 10.6. The molecule has 3 rings (SSSR count). The van der Waals surface area contributed by atoms with E-state index >= 15 is 0 Å². The molecular formula is C24H27Cl2FN2O2. The third-order valence-corrected chi connectivity index (χ3v) is 6.31. The van der Waals surface area contributed by atoms with Gasteiger partial charge in [0.1, 0.15) is 17.7 Å². The van der Waals surface area contributed by atoms with E-state index in [1.54, 1.807) is 18.2 Å². The number of halogens is 3. The molecule has 1 saturated carbocycles. The van der Waals surface area contributed by atoms with Crippen LogP contribution >= 0.6 is 23.2 Å². The van der Waals surface area contributed by atoms with E-state index in [1.807, 2.05) is 18.2 Å². The molecule has 0 spiro atoms. The summed E-state index contributed by atoms with van der Waals surface area (Å²) in [5.74, 6) is -1.28. The number of hydrogen-bond donors (Lipinski definition) is 1. The van der Waals surface area contributed by atoms with Crippen LogP contribution in [0.2, 0.25) is 5.02 Å². The molecule has 1 aliphatic carbocycles. The normalized spacial score (nSPS) is 15.3. The first kappa shape index (κ1) is 23.6. The Morgan fingerprint density at radius 3 is 2.39 bits per heavy atom. The summed E-state index contributed by atoms with van der Waals surface area (Å²) in [6.45, 7) is 0.259. The van der Waals surface area contributed by atoms with Gasteiger partial charge in [-0.05, 0) is 48.6 Å². The van der Waals surface area contributed by atoms with Crippen molar-refractivity contribution >= 4 is 35.0 Å². The Hall–Kier alpha value is -2.11. The molecule has 166 valence electrons. The molecule has 0 saturated heterocycles. The van der Waals surface area contributed by atoms with Gasteiger partial charge in [0.15, 0.2) is 0 Å². The zero-order valence-corrected chi connectivity index (χ0v) is 18.8. The molecule has 1 N–H and O–H groups in total. The number of amides is 2. The summed E-state index contributed by atoms with van der Waals surface area (Å²) >= 11 is 12.2. The van der Waals surface area contributed by atoms with Crippen LogP contribution in [0.1, 0.15) is 49.3 Å². The fourth-order valence-electron chi connectivity index (χ4n) is 4.06. The molecule has 0 unspecified atom stereocenters. The molecule has 2 aromatic carbocycles. The van der Waals surface area contributed by atoms with Crippen molar-refractivity contribution < 1.29 is 14.0 Å². The first-order chi connectivity index (χ1) is 15.0. The van der Waals surface area contributed by atoms with E-state index in [9.17, 15) is 14.0 Å². The molecule has 7 heteroatoms. The predicted octanol–water partition coefficient (Wildman–Crippen LogP) is 5.28. The predicted molar refractivity (Wildman–Crippen MR) is 122 cm³/mol. The van der Waals surface area contributed by atoms with E-state index in [-0.39, 0.29) is 30.3 Å².